The Balaban J connectivity index is 1.54. The van der Waals surface area contributed by atoms with Gasteiger partial charge in [-0.3, -0.25) is 0 Å². The van der Waals surface area contributed by atoms with E-state index in [9.17, 15) is 18.4 Å². The zero-order valence-corrected chi connectivity index (χ0v) is 16.9. The number of nitriles is 1. The number of piperidine rings is 1. The molecule has 30 heavy (non-hydrogen) atoms. The fourth-order valence-electron chi connectivity index (χ4n) is 4.65. The summed E-state index contributed by atoms with van der Waals surface area (Å²) in [6, 6.07) is 4.92. The lowest BCUT2D eigenvalue weighted by atomic mass is 9.83. The van der Waals surface area contributed by atoms with Crippen molar-refractivity contribution < 1.29 is 17.9 Å². The Morgan fingerprint density at radius 2 is 1.93 bits per heavy atom. The summed E-state index contributed by atoms with van der Waals surface area (Å²) in [5.41, 5.74) is -0.767. The summed E-state index contributed by atoms with van der Waals surface area (Å²) in [5.74, 6) is 2.02. The SMILES string of the molecule is CC(C)n1nc(CC2[C@@H]3CC[C@H]2CN(C#N)C3)nc1Oc1cccc(C(F)(F)F)c1. The van der Waals surface area contributed by atoms with E-state index in [1.165, 1.54) is 12.1 Å². The van der Waals surface area contributed by atoms with E-state index in [0.717, 1.165) is 38.1 Å². The normalized spacial score (nSPS) is 23.6. The monoisotopic (exact) mass is 419 g/mol. The molecule has 2 fully saturated rings. The molecule has 2 heterocycles. The Morgan fingerprint density at radius 1 is 1.23 bits per heavy atom. The standard InChI is InChI=1S/C21H24F3N5O/c1-13(2)29-20(30-17-5-3-4-16(8-17)21(22,23)24)26-19(27-29)9-18-14-6-7-15(18)11-28(10-14)12-25/h3-5,8,13-15,18H,6-7,9-11H2,1-2H3/t14-,15+,18?. The number of hydrogen-bond acceptors (Lipinski definition) is 5. The van der Waals surface area contributed by atoms with Gasteiger partial charge in [-0.25, -0.2) is 4.68 Å². The van der Waals surface area contributed by atoms with Crippen molar-refractivity contribution in [3.8, 4) is 18.0 Å². The van der Waals surface area contributed by atoms with Crippen molar-refractivity contribution in [3.63, 3.8) is 0 Å². The number of nitrogens with zero attached hydrogens (tertiary/aromatic N) is 5. The molecule has 0 spiro atoms. The van der Waals surface area contributed by atoms with Crippen LogP contribution in [0.4, 0.5) is 13.2 Å². The largest absolute Gasteiger partial charge is 0.424 e. The van der Waals surface area contributed by atoms with Gasteiger partial charge in [-0.15, -0.1) is 0 Å². The average molecular weight is 419 g/mol. The number of alkyl halides is 3. The zero-order valence-electron chi connectivity index (χ0n) is 16.9. The number of ether oxygens (including phenoxy) is 1. The second-order valence-corrected chi connectivity index (χ2v) is 8.45. The summed E-state index contributed by atoms with van der Waals surface area (Å²) in [5, 5.41) is 13.8. The molecule has 9 heteroatoms. The zero-order chi connectivity index (χ0) is 21.5. The molecule has 1 aliphatic heterocycles. The second-order valence-electron chi connectivity index (χ2n) is 8.45. The molecule has 2 bridgehead atoms. The fourth-order valence-corrected chi connectivity index (χ4v) is 4.65. The summed E-state index contributed by atoms with van der Waals surface area (Å²) in [6.45, 7) is 5.39. The predicted octanol–water partition coefficient (Wildman–Crippen LogP) is 4.65. The topological polar surface area (TPSA) is 67.0 Å². The van der Waals surface area contributed by atoms with Crippen LogP contribution in [0.15, 0.2) is 24.3 Å². The number of likely N-dealkylation sites (tertiary alicyclic amines) is 1. The van der Waals surface area contributed by atoms with Crippen molar-refractivity contribution in [1.82, 2.24) is 19.7 Å². The summed E-state index contributed by atoms with van der Waals surface area (Å²) in [6.07, 6.45) is 0.715. The van der Waals surface area contributed by atoms with Crippen LogP contribution in [0.1, 0.15) is 44.1 Å². The van der Waals surface area contributed by atoms with Crippen molar-refractivity contribution in [1.29, 1.82) is 5.26 Å². The van der Waals surface area contributed by atoms with E-state index >= 15 is 0 Å². The molecule has 0 amide bonds. The Bertz CT molecular complexity index is 935. The average Bonchev–Trinajstić information content (AvgIpc) is 3.18. The maximum atomic E-state index is 13.0. The van der Waals surface area contributed by atoms with Crippen molar-refractivity contribution in [3.05, 3.63) is 35.7 Å². The van der Waals surface area contributed by atoms with Gasteiger partial charge in [0.2, 0.25) is 0 Å². The van der Waals surface area contributed by atoms with Crippen LogP contribution >= 0.6 is 0 Å². The molecular weight excluding hydrogens is 395 g/mol. The second kappa shape index (κ2) is 7.82. The molecule has 3 atom stereocenters. The Kier molecular flexibility index (Phi) is 5.35. The molecule has 6 nitrogen and oxygen atoms in total. The van der Waals surface area contributed by atoms with Crippen LogP contribution < -0.4 is 4.74 Å². The van der Waals surface area contributed by atoms with Gasteiger partial charge in [0, 0.05) is 19.5 Å². The lowest BCUT2D eigenvalue weighted by Gasteiger charge is -2.34. The highest BCUT2D eigenvalue weighted by molar-refractivity contribution is 5.32. The minimum Gasteiger partial charge on any atom is -0.424 e. The lowest BCUT2D eigenvalue weighted by Crippen LogP contribution is -2.40. The van der Waals surface area contributed by atoms with E-state index in [4.69, 9.17) is 4.74 Å². The Hall–Kier alpha value is -2.76. The summed E-state index contributed by atoms with van der Waals surface area (Å²) >= 11 is 0. The number of aromatic nitrogens is 3. The van der Waals surface area contributed by atoms with E-state index in [2.05, 4.69) is 16.3 Å². The van der Waals surface area contributed by atoms with Crippen molar-refractivity contribution >= 4 is 0 Å². The van der Waals surface area contributed by atoms with Gasteiger partial charge in [0.05, 0.1) is 11.6 Å². The third kappa shape index (κ3) is 4.09. The molecule has 0 N–H and O–H groups in total. The van der Waals surface area contributed by atoms with Crippen LogP contribution in [0.3, 0.4) is 0 Å². The molecule has 1 aliphatic carbocycles. The van der Waals surface area contributed by atoms with Crippen LogP contribution in [-0.4, -0.2) is 32.8 Å². The number of hydrogen-bond donors (Lipinski definition) is 0. The van der Waals surface area contributed by atoms with Crippen LogP contribution in [-0.2, 0) is 12.6 Å². The van der Waals surface area contributed by atoms with E-state index in [0.29, 0.717) is 30.0 Å². The van der Waals surface area contributed by atoms with E-state index in [-0.39, 0.29) is 17.8 Å². The minimum absolute atomic E-state index is 0.0517. The van der Waals surface area contributed by atoms with Gasteiger partial charge < -0.3 is 9.64 Å². The predicted molar refractivity (Wildman–Crippen MR) is 103 cm³/mol. The molecule has 1 unspecified atom stereocenters. The third-order valence-corrected chi connectivity index (χ3v) is 6.09. The number of benzene rings is 1. The van der Waals surface area contributed by atoms with Gasteiger partial charge >= 0.3 is 12.2 Å². The maximum absolute atomic E-state index is 13.0. The summed E-state index contributed by atoms with van der Waals surface area (Å²) in [7, 11) is 0. The molecule has 1 aromatic carbocycles. The van der Waals surface area contributed by atoms with Crippen molar-refractivity contribution in [2.24, 2.45) is 17.8 Å². The van der Waals surface area contributed by atoms with Crippen LogP contribution in [0.2, 0.25) is 0 Å². The van der Waals surface area contributed by atoms with Gasteiger partial charge in [0.15, 0.2) is 12.0 Å². The molecule has 2 aromatic rings. The maximum Gasteiger partial charge on any atom is 0.416 e. The molecule has 0 radical (unpaired) electrons. The van der Waals surface area contributed by atoms with Crippen molar-refractivity contribution in [2.75, 3.05) is 13.1 Å². The van der Waals surface area contributed by atoms with Gasteiger partial charge in [-0.1, -0.05) is 6.07 Å². The first-order valence-corrected chi connectivity index (χ1v) is 10.2. The van der Waals surface area contributed by atoms with Crippen molar-refractivity contribution in [2.45, 2.75) is 45.3 Å². The number of halogens is 3. The highest BCUT2D eigenvalue weighted by Gasteiger charge is 2.42. The first kappa shape index (κ1) is 20.5. The molecule has 1 saturated carbocycles. The van der Waals surface area contributed by atoms with Crippen LogP contribution in [0, 0.1) is 29.2 Å². The lowest BCUT2D eigenvalue weighted by molar-refractivity contribution is -0.137. The van der Waals surface area contributed by atoms with Gasteiger partial charge in [0.25, 0.3) is 0 Å². The molecule has 1 aromatic heterocycles. The fraction of sp³-hybridized carbons (Fsp3) is 0.571. The van der Waals surface area contributed by atoms with Gasteiger partial charge in [0.1, 0.15) is 5.75 Å². The first-order valence-electron chi connectivity index (χ1n) is 10.2. The quantitative estimate of drug-likeness (QED) is 0.660. The van der Waals surface area contributed by atoms with Gasteiger partial charge in [-0.05, 0) is 62.6 Å². The van der Waals surface area contributed by atoms with Crippen LogP contribution in [0.5, 0.6) is 11.8 Å². The van der Waals surface area contributed by atoms with E-state index in [1.54, 1.807) is 4.68 Å². The Labute approximate surface area is 173 Å². The van der Waals surface area contributed by atoms with Gasteiger partial charge in [-0.2, -0.15) is 28.5 Å². The molecule has 160 valence electrons. The van der Waals surface area contributed by atoms with Crippen LogP contribution in [0.25, 0.3) is 0 Å². The molecular formula is C21H24F3N5O. The Morgan fingerprint density at radius 3 is 2.53 bits per heavy atom. The third-order valence-electron chi connectivity index (χ3n) is 6.09. The first-order chi connectivity index (χ1) is 14.2. The van der Waals surface area contributed by atoms with E-state index in [1.807, 2.05) is 18.7 Å². The highest BCUT2D eigenvalue weighted by atomic mass is 19.4. The highest BCUT2D eigenvalue weighted by Crippen LogP contribution is 2.43. The number of fused-ring (bicyclic) bond motifs is 2. The number of rotatable bonds is 5. The summed E-state index contributed by atoms with van der Waals surface area (Å²) in [4.78, 5) is 6.35. The smallest absolute Gasteiger partial charge is 0.416 e. The molecule has 4 rings (SSSR count). The molecule has 2 aliphatic rings. The summed E-state index contributed by atoms with van der Waals surface area (Å²) < 4.78 is 46.3. The van der Waals surface area contributed by atoms with E-state index < -0.39 is 11.7 Å². The minimum atomic E-state index is -4.44. The molecule has 1 saturated heterocycles.